The number of aromatic nitrogens is 1. The van der Waals surface area contributed by atoms with Crippen molar-refractivity contribution in [2.75, 3.05) is 31.5 Å². The second-order valence-electron chi connectivity index (χ2n) is 7.87. The average Bonchev–Trinajstić information content (AvgIpc) is 3.26. The van der Waals surface area contributed by atoms with Crippen LogP contribution in [-0.2, 0) is 17.9 Å². The highest BCUT2D eigenvalue weighted by atomic mass is 16.4. The third-order valence-electron chi connectivity index (χ3n) is 5.55. The van der Waals surface area contributed by atoms with Crippen molar-refractivity contribution in [1.82, 2.24) is 14.4 Å². The molecule has 0 aliphatic carbocycles. The summed E-state index contributed by atoms with van der Waals surface area (Å²) >= 11 is 0. The molecule has 1 aliphatic rings. The van der Waals surface area contributed by atoms with Crippen molar-refractivity contribution in [3.05, 3.63) is 88.2 Å². The van der Waals surface area contributed by atoms with Gasteiger partial charge < -0.3 is 19.2 Å². The SMILES string of the molecule is CC(=O)N1CCN(Cc2ccc(NC(=O)c3ccc(Cn4ccccc4=O)o3)cc2)CC1. The van der Waals surface area contributed by atoms with E-state index < -0.39 is 0 Å². The Morgan fingerprint density at radius 2 is 1.69 bits per heavy atom. The number of hydrogen-bond acceptors (Lipinski definition) is 5. The number of furan rings is 1. The Kier molecular flexibility index (Phi) is 6.51. The first-order chi connectivity index (χ1) is 15.5. The molecule has 1 fully saturated rings. The lowest BCUT2D eigenvalue weighted by molar-refractivity contribution is -0.130. The van der Waals surface area contributed by atoms with Gasteiger partial charge in [0, 0.05) is 57.6 Å². The summed E-state index contributed by atoms with van der Waals surface area (Å²) < 4.78 is 7.13. The van der Waals surface area contributed by atoms with Gasteiger partial charge in [-0.25, -0.2) is 0 Å². The van der Waals surface area contributed by atoms with E-state index in [2.05, 4.69) is 10.2 Å². The molecule has 2 aromatic heterocycles. The van der Waals surface area contributed by atoms with E-state index in [-0.39, 0.29) is 29.7 Å². The van der Waals surface area contributed by atoms with E-state index in [1.165, 1.54) is 10.6 Å². The molecule has 4 rings (SSSR count). The minimum atomic E-state index is -0.343. The fraction of sp³-hybridized carbons (Fsp3) is 0.292. The second-order valence-corrected chi connectivity index (χ2v) is 7.87. The van der Waals surface area contributed by atoms with Crippen LogP contribution in [0.4, 0.5) is 5.69 Å². The molecule has 0 atom stereocenters. The smallest absolute Gasteiger partial charge is 0.291 e. The zero-order valence-electron chi connectivity index (χ0n) is 18.0. The highest BCUT2D eigenvalue weighted by Crippen LogP contribution is 2.16. The quantitative estimate of drug-likeness (QED) is 0.644. The molecular formula is C24H26N4O4. The van der Waals surface area contributed by atoms with Crippen molar-refractivity contribution in [3.63, 3.8) is 0 Å². The highest BCUT2D eigenvalue weighted by Gasteiger charge is 2.18. The van der Waals surface area contributed by atoms with E-state index >= 15 is 0 Å². The molecule has 1 aromatic carbocycles. The number of nitrogens with zero attached hydrogens (tertiary/aromatic N) is 3. The van der Waals surface area contributed by atoms with E-state index in [1.54, 1.807) is 37.4 Å². The van der Waals surface area contributed by atoms with Gasteiger partial charge in [0.05, 0.1) is 6.54 Å². The molecule has 32 heavy (non-hydrogen) atoms. The maximum Gasteiger partial charge on any atom is 0.291 e. The number of hydrogen-bond donors (Lipinski definition) is 1. The van der Waals surface area contributed by atoms with Gasteiger partial charge in [0.2, 0.25) is 5.91 Å². The van der Waals surface area contributed by atoms with Gasteiger partial charge in [-0.15, -0.1) is 0 Å². The van der Waals surface area contributed by atoms with Crippen molar-refractivity contribution in [1.29, 1.82) is 0 Å². The summed E-state index contributed by atoms with van der Waals surface area (Å²) in [5.41, 5.74) is 1.70. The number of anilines is 1. The lowest BCUT2D eigenvalue weighted by Gasteiger charge is -2.34. The summed E-state index contributed by atoms with van der Waals surface area (Å²) in [4.78, 5) is 40.0. The molecule has 1 N–H and O–H groups in total. The Labute approximate surface area is 186 Å². The number of carbonyl (C=O) groups excluding carboxylic acids is 2. The lowest BCUT2D eigenvalue weighted by atomic mass is 10.1. The molecule has 166 valence electrons. The molecule has 3 heterocycles. The first-order valence-electron chi connectivity index (χ1n) is 10.6. The monoisotopic (exact) mass is 434 g/mol. The number of benzene rings is 1. The molecule has 0 radical (unpaired) electrons. The molecule has 0 saturated carbocycles. The Morgan fingerprint density at radius 3 is 2.38 bits per heavy atom. The van der Waals surface area contributed by atoms with Gasteiger partial charge in [-0.05, 0) is 35.9 Å². The van der Waals surface area contributed by atoms with Gasteiger partial charge in [-0.3, -0.25) is 19.3 Å². The Bertz CT molecular complexity index is 1140. The van der Waals surface area contributed by atoms with Crippen LogP contribution in [-0.4, -0.2) is 52.4 Å². The average molecular weight is 434 g/mol. The number of carbonyl (C=O) groups is 2. The van der Waals surface area contributed by atoms with Crippen molar-refractivity contribution < 1.29 is 14.0 Å². The summed E-state index contributed by atoms with van der Waals surface area (Å²) in [6.45, 7) is 5.91. The van der Waals surface area contributed by atoms with Gasteiger partial charge in [0.15, 0.2) is 5.76 Å². The number of nitrogens with one attached hydrogen (secondary N) is 1. The van der Waals surface area contributed by atoms with Gasteiger partial charge in [0.1, 0.15) is 5.76 Å². The van der Waals surface area contributed by atoms with Crippen LogP contribution < -0.4 is 10.9 Å². The van der Waals surface area contributed by atoms with Crippen LogP contribution in [0, 0.1) is 0 Å². The first kappa shape index (κ1) is 21.6. The van der Waals surface area contributed by atoms with E-state index in [4.69, 9.17) is 4.42 Å². The van der Waals surface area contributed by atoms with E-state index in [9.17, 15) is 14.4 Å². The zero-order chi connectivity index (χ0) is 22.5. The maximum absolute atomic E-state index is 12.5. The van der Waals surface area contributed by atoms with Crippen molar-refractivity contribution in [3.8, 4) is 0 Å². The number of piperazine rings is 1. The molecule has 3 aromatic rings. The van der Waals surface area contributed by atoms with E-state index in [0.29, 0.717) is 11.4 Å². The van der Waals surface area contributed by atoms with Crippen LogP contribution in [0.3, 0.4) is 0 Å². The number of rotatable bonds is 6. The Morgan fingerprint density at radius 1 is 0.938 bits per heavy atom. The van der Waals surface area contributed by atoms with Crippen LogP contribution in [0.1, 0.15) is 28.8 Å². The zero-order valence-corrected chi connectivity index (χ0v) is 18.0. The Balaban J connectivity index is 1.30. The Hall–Kier alpha value is -3.65. The normalized spacial score (nSPS) is 14.3. The van der Waals surface area contributed by atoms with Crippen molar-refractivity contribution >= 4 is 17.5 Å². The highest BCUT2D eigenvalue weighted by molar-refractivity contribution is 6.02. The largest absolute Gasteiger partial charge is 0.454 e. The number of pyridine rings is 1. The molecule has 2 amide bonds. The van der Waals surface area contributed by atoms with E-state index in [1.807, 2.05) is 29.2 Å². The topological polar surface area (TPSA) is 87.8 Å². The maximum atomic E-state index is 12.5. The molecule has 8 nitrogen and oxygen atoms in total. The summed E-state index contributed by atoms with van der Waals surface area (Å²) in [6.07, 6.45) is 1.68. The third kappa shape index (κ3) is 5.33. The summed E-state index contributed by atoms with van der Waals surface area (Å²) in [5, 5.41) is 2.84. The molecule has 0 spiro atoms. The molecular weight excluding hydrogens is 408 g/mol. The van der Waals surface area contributed by atoms with E-state index in [0.717, 1.165) is 38.3 Å². The van der Waals surface area contributed by atoms with Crippen LogP contribution in [0.2, 0.25) is 0 Å². The molecule has 0 bridgehead atoms. The summed E-state index contributed by atoms with van der Waals surface area (Å²) in [5.74, 6) is 0.507. The van der Waals surface area contributed by atoms with Crippen molar-refractivity contribution in [2.24, 2.45) is 0 Å². The molecule has 1 saturated heterocycles. The van der Waals surface area contributed by atoms with Crippen LogP contribution >= 0.6 is 0 Å². The third-order valence-corrected chi connectivity index (χ3v) is 5.55. The van der Waals surface area contributed by atoms with Gasteiger partial charge >= 0.3 is 0 Å². The second kappa shape index (κ2) is 9.65. The van der Waals surface area contributed by atoms with Gasteiger partial charge in [-0.1, -0.05) is 18.2 Å². The van der Waals surface area contributed by atoms with Gasteiger partial charge in [-0.2, -0.15) is 0 Å². The summed E-state index contributed by atoms with van der Waals surface area (Å²) in [7, 11) is 0. The predicted molar refractivity (Wildman–Crippen MR) is 120 cm³/mol. The molecule has 8 heteroatoms. The van der Waals surface area contributed by atoms with Crippen molar-refractivity contribution in [2.45, 2.75) is 20.0 Å². The van der Waals surface area contributed by atoms with Gasteiger partial charge in [0.25, 0.3) is 11.5 Å². The van der Waals surface area contributed by atoms with Crippen LogP contribution in [0.5, 0.6) is 0 Å². The predicted octanol–water partition coefficient (Wildman–Crippen LogP) is 2.41. The minimum Gasteiger partial charge on any atom is -0.454 e. The standard InChI is InChI=1S/C24H26N4O4/c1-18(29)27-14-12-26(13-15-27)16-19-5-7-20(8-6-19)25-24(31)22-10-9-21(32-22)17-28-11-3-2-4-23(28)30/h2-11H,12-17H2,1H3,(H,25,31). The van der Waals surface area contributed by atoms with Crippen LogP contribution in [0.15, 0.2) is 70.0 Å². The summed E-state index contributed by atoms with van der Waals surface area (Å²) in [6, 6.07) is 15.9. The fourth-order valence-corrected chi connectivity index (χ4v) is 3.71. The lowest BCUT2D eigenvalue weighted by Crippen LogP contribution is -2.47. The molecule has 1 aliphatic heterocycles. The fourth-order valence-electron chi connectivity index (χ4n) is 3.71. The molecule has 0 unspecified atom stereocenters. The number of amides is 2. The van der Waals surface area contributed by atoms with Crippen LogP contribution in [0.25, 0.3) is 0 Å². The first-order valence-corrected chi connectivity index (χ1v) is 10.6. The minimum absolute atomic E-state index is 0.127.